The van der Waals surface area contributed by atoms with Crippen molar-refractivity contribution >= 4 is 17.3 Å². The molecule has 0 aliphatic carbocycles. The van der Waals surface area contributed by atoms with Crippen LogP contribution in [0.5, 0.6) is 11.5 Å². The van der Waals surface area contributed by atoms with Crippen molar-refractivity contribution in [1.82, 2.24) is 0 Å². The zero-order valence-corrected chi connectivity index (χ0v) is 14.9. The van der Waals surface area contributed by atoms with E-state index in [1.54, 1.807) is 7.11 Å². The Bertz CT molecular complexity index is 729. The van der Waals surface area contributed by atoms with Crippen LogP contribution in [0.15, 0.2) is 48.5 Å². The summed E-state index contributed by atoms with van der Waals surface area (Å²) in [5.41, 5.74) is 1.47. The predicted octanol–water partition coefficient (Wildman–Crippen LogP) is 3.30. The van der Waals surface area contributed by atoms with Gasteiger partial charge < -0.3 is 24.8 Å². The lowest BCUT2D eigenvalue weighted by Gasteiger charge is -2.13. The number of amides is 1. The summed E-state index contributed by atoms with van der Waals surface area (Å²) in [6, 6.07) is 14.9. The predicted molar refractivity (Wildman–Crippen MR) is 101 cm³/mol. The third-order valence-corrected chi connectivity index (χ3v) is 4.12. The molecule has 0 aromatic heterocycles. The summed E-state index contributed by atoms with van der Waals surface area (Å²) in [7, 11) is 1.60. The van der Waals surface area contributed by atoms with Gasteiger partial charge in [-0.1, -0.05) is 18.2 Å². The molecule has 1 heterocycles. The Kier molecular flexibility index (Phi) is 6.33. The minimum atomic E-state index is -0.146. The first-order chi connectivity index (χ1) is 12.7. The molecular formula is C20H24N2O4. The zero-order chi connectivity index (χ0) is 18.2. The van der Waals surface area contributed by atoms with E-state index in [0.29, 0.717) is 18.0 Å². The first-order valence-corrected chi connectivity index (χ1v) is 8.76. The molecule has 1 aliphatic rings. The Hall–Kier alpha value is -2.73. The molecule has 6 nitrogen and oxygen atoms in total. The van der Waals surface area contributed by atoms with E-state index in [1.165, 1.54) is 0 Å². The van der Waals surface area contributed by atoms with Crippen molar-refractivity contribution in [2.75, 3.05) is 37.5 Å². The van der Waals surface area contributed by atoms with Crippen LogP contribution in [-0.2, 0) is 9.53 Å². The fourth-order valence-electron chi connectivity index (χ4n) is 2.80. The van der Waals surface area contributed by atoms with E-state index in [4.69, 9.17) is 14.2 Å². The van der Waals surface area contributed by atoms with Gasteiger partial charge >= 0.3 is 0 Å². The molecule has 0 radical (unpaired) electrons. The highest BCUT2D eigenvalue weighted by atomic mass is 16.5. The lowest BCUT2D eigenvalue weighted by molar-refractivity contribution is -0.114. The van der Waals surface area contributed by atoms with Gasteiger partial charge in [0.05, 0.1) is 25.4 Å². The summed E-state index contributed by atoms with van der Waals surface area (Å²) >= 11 is 0. The van der Waals surface area contributed by atoms with Gasteiger partial charge in [0, 0.05) is 18.4 Å². The van der Waals surface area contributed by atoms with Crippen LogP contribution in [0.3, 0.4) is 0 Å². The zero-order valence-electron chi connectivity index (χ0n) is 14.9. The number of hydrogen-bond acceptors (Lipinski definition) is 5. The quantitative estimate of drug-likeness (QED) is 0.759. The van der Waals surface area contributed by atoms with Gasteiger partial charge in [0.25, 0.3) is 0 Å². The SMILES string of the molecule is COc1ccccc1NCC(=O)Nc1cccc(OCC2CCCO2)c1. The molecule has 1 fully saturated rings. The molecule has 2 aromatic rings. The third-order valence-electron chi connectivity index (χ3n) is 4.12. The van der Waals surface area contributed by atoms with Gasteiger partial charge in [-0.2, -0.15) is 0 Å². The van der Waals surface area contributed by atoms with E-state index >= 15 is 0 Å². The van der Waals surface area contributed by atoms with Crippen LogP contribution >= 0.6 is 0 Å². The lowest BCUT2D eigenvalue weighted by atomic mass is 10.2. The van der Waals surface area contributed by atoms with E-state index in [1.807, 2.05) is 48.5 Å². The minimum Gasteiger partial charge on any atom is -0.495 e. The van der Waals surface area contributed by atoms with Crippen molar-refractivity contribution < 1.29 is 19.0 Å². The largest absolute Gasteiger partial charge is 0.495 e. The molecule has 1 amide bonds. The van der Waals surface area contributed by atoms with Gasteiger partial charge in [0.1, 0.15) is 18.1 Å². The molecule has 0 bridgehead atoms. The van der Waals surface area contributed by atoms with Gasteiger partial charge in [-0.3, -0.25) is 4.79 Å². The van der Waals surface area contributed by atoms with Crippen LogP contribution < -0.4 is 20.1 Å². The summed E-state index contributed by atoms with van der Waals surface area (Å²) < 4.78 is 16.6. The number of benzene rings is 2. The van der Waals surface area contributed by atoms with Crippen molar-refractivity contribution in [3.8, 4) is 11.5 Å². The Labute approximate surface area is 153 Å². The Morgan fingerprint density at radius 3 is 2.92 bits per heavy atom. The highest BCUT2D eigenvalue weighted by Gasteiger charge is 2.16. The van der Waals surface area contributed by atoms with Crippen LogP contribution in [0, 0.1) is 0 Å². The number of nitrogens with one attached hydrogen (secondary N) is 2. The summed E-state index contributed by atoms with van der Waals surface area (Å²) in [6.45, 7) is 1.48. The number of carbonyl (C=O) groups excluding carboxylic acids is 1. The molecule has 0 spiro atoms. The van der Waals surface area contributed by atoms with Crippen molar-refractivity contribution in [2.24, 2.45) is 0 Å². The van der Waals surface area contributed by atoms with Crippen LogP contribution in [0.4, 0.5) is 11.4 Å². The number of para-hydroxylation sites is 2. The van der Waals surface area contributed by atoms with E-state index in [0.717, 1.165) is 30.9 Å². The number of hydrogen-bond donors (Lipinski definition) is 2. The first kappa shape index (κ1) is 18.1. The smallest absolute Gasteiger partial charge is 0.243 e. The minimum absolute atomic E-state index is 0.140. The Morgan fingerprint density at radius 2 is 2.12 bits per heavy atom. The van der Waals surface area contributed by atoms with Gasteiger partial charge in [0.15, 0.2) is 0 Å². The molecule has 2 aromatic carbocycles. The van der Waals surface area contributed by atoms with E-state index in [2.05, 4.69) is 10.6 Å². The van der Waals surface area contributed by atoms with Gasteiger partial charge in [-0.25, -0.2) is 0 Å². The van der Waals surface area contributed by atoms with Crippen molar-refractivity contribution in [3.63, 3.8) is 0 Å². The molecule has 1 atom stereocenters. The molecule has 0 saturated carbocycles. The number of methoxy groups -OCH3 is 1. The third kappa shape index (κ3) is 5.13. The summed E-state index contributed by atoms with van der Waals surface area (Å²) in [5, 5.41) is 5.94. The topological polar surface area (TPSA) is 68.8 Å². The maximum atomic E-state index is 12.2. The van der Waals surface area contributed by atoms with Gasteiger partial charge in [-0.05, 0) is 37.1 Å². The molecule has 1 aliphatic heterocycles. The Morgan fingerprint density at radius 1 is 1.23 bits per heavy atom. The maximum absolute atomic E-state index is 12.2. The number of rotatable bonds is 8. The normalized spacial score (nSPS) is 16.1. The summed E-state index contributed by atoms with van der Waals surface area (Å²) in [4.78, 5) is 12.2. The van der Waals surface area contributed by atoms with Crippen molar-refractivity contribution in [3.05, 3.63) is 48.5 Å². The maximum Gasteiger partial charge on any atom is 0.243 e. The van der Waals surface area contributed by atoms with Gasteiger partial charge in [0.2, 0.25) is 5.91 Å². The summed E-state index contributed by atoms with van der Waals surface area (Å²) in [6.07, 6.45) is 2.28. The standard InChI is InChI=1S/C20H24N2O4/c1-24-19-10-3-2-9-18(19)21-13-20(23)22-15-6-4-7-16(12-15)26-14-17-8-5-11-25-17/h2-4,6-7,9-10,12,17,21H,5,8,11,13-14H2,1H3,(H,22,23). The number of carbonyl (C=O) groups is 1. The molecule has 3 rings (SSSR count). The lowest BCUT2D eigenvalue weighted by Crippen LogP contribution is -2.22. The second kappa shape index (κ2) is 9.10. The molecular weight excluding hydrogens is 332 g/mol. The van der Waals surface area contributed by atoms with E-state index in [9.17, 15) is 4.79 Å². The highest BCUT2D eigenvalue weighted by Crippen LogP contribution is 2.23. The van der Waals surface area contributed by atoms with Crippen molar-refractivity contribution in [2.45, 2.75) is 18.9 Å². The summed E-state index contributed by atoms with van der Waals surface area (Å²) in [5.74, 6) is 1.27. The average Bonchev–Trinajstić information content (AvgIpc) is 3.19. The van der Waals surface area contributed by atoms with E-state index in [-0.39, 0.29) is 18.6 Å². The van der Waals surface area contributed by atoms with Crippen LogP contribution in [0.1, 0.15) is 12.8 Å². The van der Waals surface area contributed by atoms with E-state index < -0.39 is 0 Å². The second-order valence-corrected chi connectivity index (χ2v) is 6.08. The molecule has 2 N–H and O–H groups in total. The Balaban J connectivity index is 1.49. The number of anilines is 2. The molecule has 138 valence electrons. The molecule has 1 unspecified atom stereocenters. The van der Waals surface area contributed by atoms with Crippen LogP contribution in [-0.4, -0.2) is 38.9 Å². The van der Waals surface area contributed by atoms with Gasteiger partial charge in [-0.15, -0.1) is 0 Å². The fraction of sp³-hybridized carbons (Fsp3) is 0.350. The molecule has 26 heavy (non-hydrogen) atoms. The second-order valence-electron chi connectivity index (χ2n) is 6.08. The monoisotopic (exact) mass is 356 g/mol. The molecule has 1 saturated heterocycles. The average molecular weight is 356 g/mol. The van der Waals surface area contributed by atoms with Crippen molar-refractivity contribution in [1.29, 1.82) is 0 Å². The first-order valence-electron chi connectivity index (χ1n) is 8.76. The highest BCUT2D eigenvalue weighted by molar-refractivity contribution is 5.94. The van der Waals surface area contributed by atoms with Crippen LogP contribution in [0.2, 0.25) is 0 Å². The van der Waals surface area contributed by atoms with Crippen LogP contribution in [0.25, 0.3) is 0 Å². The number of ether oxygens (including phenoxy) is 3. The molecule has 6 heteroatoms. The fourth-order valence-corrected chi connectivity index (χ4v) is 2.80.